The number of rotatable bonds is 9. The van der Waals surface area contributed by atoms with Gasteiger partial charge in [-0.15, -0.1) is 0 Å². The topological polar surface area (TPSA) is 70.2 Å². The predicted molar refractivity (Wildman–Crippen MR) is 103 cm³/mol. The van der Waals surface area contributed by atoms with Gasteiger partial charge in [0.1, 0.15) is 0 Å². The molecule has 0 radical (unpaired) electrons. The Balaban J connectivity index is 1.75. The first-order valence-corrected chi connectivity index (χ1v) is 9.60. The number of benzene rings is 1. The minimum absolute atomic E-state index is 0.0240. The third-order valence-electron chi connectivity index (χ3n) is 4.59. The summed E-state index contributed by atoms with van der Waals surface area (Å²) in [6.45, 7) is 2.45. The van der Waals surface area contributed by atoms with Crippen LogP contribution in [0, 0.1) is 0 Å². The van der Waals surface area contributed by atoms with Crippen LogP contribution in [0.15, 0.2) is 24.3 Å². The third kappa shape index (κ3) is 7.69. The molecule has 5 nitrogen and oxygen atoms in total. The van der Waals surface area contributed by atoms with Crippen LogP contribution in [0.2, 0.25) is 0 Å². The van der Waals surface area contributed by atoms with Crippen LogP contribution in [-0.4, -0.2) is 24.4 Å². The Bertz CT molecular complexity index is 554. The van der Waals surface area contributed by atoms with Gasteiger partial charge >= 0.3 is 0 Å². The summed E-state index contributed by atoms with van der Waals surface area (Å²) in [4.78, 5) is 24.0. The van der Waals surface area contributed by atoms with Crippen LogP contribution in [0.1, 0.15) is 64.7 Å². The van der Waals surface area contributed by atoms with Crippen molar-refractivity contribution in [3.05, 3.63) is 24.3 Å². The molecule has 1 aromatic carbocycles. The summed E-state index contributed by atoms with van der Waals surface area (Å²) < 4.78 is 0. The molecule has 2 rings (SSSR count). The first-order chi connectivity index (χ1) is 12.2. The first kappa shape index (κ1) is 19.4. The molecule has 0 spiro atoms. The van der Waals surface area contributed by atoms with E-state index in [1.165, 1.54) is 19.3 Å². The lowest BCUT2D eigenvalue weighted by Crippen LogP contribution is -2.37. The summed E-state index contributed by atoms with van der Waals surface area (Å²) in [7, 11) is 0. The molecule has 3 N–H and O–H groups in total. The summed E-state index contributed by atoms with van der Waals surface area (Å²) in [5, 5.41) is 9.12. The van der Waals surface area contributed by atoms with E-state index in [0.29, 0.717) is 24.7 Å². The van der Waals surface area contributed by atoms with Crippen molar-refractivity contribution in [1.29, 1.82) is 0 Å². The molecule has 2 amide bonds. The molecule has 1 aliphatic rings. The van der Waals surface area contributed by atoms with Crippen LogP contribution in [0.4, 0.5) is 11.4 Å². The minimum Gasteiger partial charge on any atom is -0.326 e. The zero-order valence-corrected chi connectivity index (χ0v) is 15.3. The average molecular weight is 345 g/mol. The van der Waals surface area contributed by atoms with Gasteiger partial charge in [0.15, 0.2) is 0 Å². The molecule has 5 heteroatoms. The van der Waals surface area contributed by atoms with Crippen molar-refractivity contribution in [3.8, 4) is 0 Å². The first-order valence-electron chi connectivity index (χ1n) is 9.60. The lowest BCUT2D eigenvalue weighted by atomic mass is 9.95. The van der Waals surface area contributed by atoms with E-state index in [0.717, 1.165) is 37.8 Å². The third-order valence-corrected chi connectivity index (χ3v) is 4.59. The van der Waals surface area contributed by atoms with Crippen molar-refractivity contribution in [2.24, 2.45) is 0 Å². The molecule has 1 fully saturated rings. The lowest BCUT2D eigenvalue weighted by molar-refractivity contribution is -0.116. The number of unbranched alkanes of at least 4 members (excludes halogenated alkanes) is 2. The number of nitrogens with one attached hydrogen (secondary N) is 3. The summed E-state index contributed by atoms with van der Waals surface area (Å²) in [6.07, 6.45) is 9.74. The summed E-state index contributed by atoms with van der Waals surface area (Å²) in [5.74, 6) is -0.0205. The fourth-order valence-electron chi connectivity index (χ4n) is 3.18. The molecule has 25 heavy (non-hydrogen) atoms. The van der Waals surface area contributed by atoms with E-state index in [1.54, 1.807) is 6.07 Å². The maximum Gasteiger partial charge on any atom is 0.238 e. The van der Waals surface area contributed by atoms with Crippen molar-refractivity contribution in [1.82, 2.24) is 5.32 Å². The van der Waals surface area contributed by atoms with Gasteiger partial charge in [0.2, 0.25) is 11.8 Å². The zero-order chi connectivity index (χ0) is 17.9. The Hall–Kier alpha value is -1.88. The average Bonchev–Trinajstić information content (AvgIpc) is 2.61. The van der Waals surface area contributed by atoms with Crippen molar-refractivity contribution >= 4 is 23.2 Å². The summed E-state index contributed by atoms with van der Waals surface area (Å²) in [6, 6.07) is 7.79. The molecule has 0 saturated heterocycles. The fraction of sp³-hybridized carbons (Fsp3) is 0.600. The quantitative estimate of drug-likeness (QED) is 0.591. The second kappa shape index (κ2) is 10.9. The highest BCUT2D eigenvalue weighted by atomic mass is 16.2. The van der Waals surface area contributed by atoms with E-state index in [1.807, 2.05) is 18.2 Å². The molecule has 0 unspecified atom stereocenters. The summed E-state index contributed by atoms with van der Waals surface area (Å²) in [5.41, 5.74) is 1.43. The molecule has 1 saturated carbocycles. The predicted octanol–water partition coefficient (Wildman–Crippen LogP) is 4.07. The number of hydrogen-bond donors (Lipinski definition) is 3. The van der Waals surface area contributed by atoms with Gasteiger partial charge in [-0.3, -0.25) is 9.59 Å². The number of carbonyl (C=O) groups is 2. The minimum atomic E-state index is -0.0444. The second-order valence-corrected chi connectivity index (χ2v) is 6.85. The molecule has 0 aliphatic heterocycles. The maximum atomic E-state index is 12.1. The Morgan fingerprint density at radius 1 is 1.00 bits per heavy atom. The lowest BCUT2D eigenvalue weighted by Gasteiger charge is -2.22. The Morgan fingerprint density at radius 2 is 1.68 bits per heavy atom. The van der Waals surface area contributed by atoms with Gasteiger partial charge in [0, 0.05) is 23.8 Å². The van der Waals surface area contributed by atoms with Crippen LogP contribution < -0.4 is 16.0 Å². The Kier molecular flexibility index (Phi) is 8.46. The van der Waals surface area contributed by atoms with Crippen LogP contribution in [0.3, 0.4) is 0 Å². The van der Waals surface area contributed by atoms with E-state index in [9.17, 15) is 9.59 Å². The number of hydrogen-bond acceptors (Lipinski definition) is 3. The zero-order valence-electron chi connectivity index (χ0n) is 15.3. The van der Waals surface area contributed by atoms with Crippen molar-refractivity contribution in [3.63, 3.8) is 0 Å². The smallest absolute Gasteiger partial charge is 0.238 e. The van der Waals surface area contributed by atoms with Crippen molar-refractivity contribution in [2.75, 3.05) is 17.2 Å². The van der Waals surface area contributed by atoms with Gasteiger partial charge in [-0.25, -0.2) is 0 Å². The van der Waals surface area contributed by atoms with Crippen LogP contribution in [0.25, 0.3) is 0 Å². The standard InChI is InChI=1S/C20H31N3O2/c1-2-3-5-13-19(24)22-17-11-8-12-18(14-17)23-20(25)15-21-16-9-6-4-7-10-16/h8,11-12,14,16,21H,2-7,9-10,13,15H2,1H3,(H,22,24)(H,23,25). The van der Waals surface area contributed by atoms with E-state index in [4.69, 9.17) is 0 Å². The number of carbonyl (C=O) groups excluding carboxylic acids is 2. The second-order valence-electron chi connectivity index (χ2n) is 6.85. The number of amides is 2. The highest BCUT2D eigenvalue weighted by molar-refractivity contribution is 5.94. The van der Waals surface area contributed by atoms with E-state index in [2.05, 4.69) is 22.9 Å². The Labute approximate surface area is 151 Å². The van der Waals surface area contributed by atoms with E-state index in [-0.39, 0.29) is 11.8 Å². The monoisotopic (exact) mass is 345 g/mol. The van der Waals surface area contributed by atoms with Crippen LogP contribution in [0.5, 0.6) is 0 Å². The normalized spacial score (nSPS) is 14.9. The van der Waals surface area contributed by atoms with Gasteiger partial charge < -0.3 is 16.0 Å². The highest BCUT2D eigenvalue weighted by Crippen LogP contribution is 2.18. The molecular formula is C20H31N3O2. The van der Waals surface area contributed by atoms with Gasteiger partial charge in [0.25, 0.3) is 0 Å². The molecule has 138 valence electrons. The number of anilines is 2. The largest absolute Gasteiger partial charge is 0.326 e. The molecule has 0 aromatic heterocycles. The van der Waals surface area contributed by atoms with Crippen molar-refractivity contribution < 1.29 is 9.59 Å². The van der Waals surface area contributed by atoms with Gasteiger partial charge in [0.05, 0.1) is 6.54 Å². The van der Waals surface area contributed by atoms with Crippen LogP contribution in [-0.2, 0) is 9.59 Å². The molecule has 0 bridgehead atoms. The Morgan fingerprint density at radius 3 is 2.36 bits per heavy atom. The molecule has 1 aromatic rings. The molecule has 0 heterocycles. The molecule has 0 atom stereocenters. The van der Waals surface area contributed by atoms with E-state index >= 15 is 0 Å². The molecular weight excluding hydrogens is 314 g/mol. The van der Waals surface area contributed by atoms with Gasteiger partial charge in [-0.05, 0) is 37.5 Å². The SMILES string of the molecule is CCCCCC(=O)Nc1cccc(NC(=O)CNC2CCCCC2)c1. The van der Waals surface area contributed by atoms with E-state index < -0.39 is 0 Å². The van der Waals surface area contributed by atoms with Gasteiger partial charge in [-0.1, -0.05) is 45.1 Å². The van der Waals surface area contributed by atoms with Crippen molar-refractivity contribution in [2.45, 2.75) is 70.8 Å². The summed E-state index contributed by atoms with van der Waals surface area (Å²) >= 11 is 0. The fourth-order valence-corrected chi connectivity index (χ4v) is 3.18. The maximum absolute atomic E-state index is 12.1. The van der Waals surface area contributed by atoms with Crippen LogP contribution >= 0.6 is 0 Å². The van der Waals surface area contributed by atoms with Gasteiger partial charge in [-0.2, -0.15) is 0 Å². The highest BCUT2D eigenvalue weighted by Gasteiger charge is 2.14. The molecule has 1 aliphatic carbocycles.